The second-order valence-corrected chi connectivity index (χ2v) is 6.57. The molecule has 3 rings (SSSR count). The zero-order valence-electron chi connectivity index (χ0n) is 14.4. The van der Waals surface area contributed by atoms with Gasteiger partial charge in [0, 0.05) is 5.56 Å². The molecular formula is C21H22O3. The highest BCUT2D eigenvalue weighted by molar-refractivity contribution is 6.01. The molecule has 3 heteroatoms. The van der Waals surface area contributed by atoms with Crippen molar-refractivity contribution in [1.29, 1.82) is 0 Å². The van der Waals surface area contributed by atoms with Crippen molar-refractivity contribution < 1.29 is 14.3 Å². The van der Waals surface area contributed by atoms with Crippen LogP contribution in [-0.4, -0.2) is 17.9 Å². The maximum atomic E-state index is 12.6. The Balaban J connectivity index is 1.74. The molecule has 0 N–H and O–H groups in total. The lowest BCUT2D eigenvalue weighted by Gasteiger charge is -2.14. The molecule has 0 unspecified atom stereocenters. The van der Waals surface area contributed by atoms with Crippen molar-refractivity contribution in [2.45, 2.75) is 46.1 Å². The van der Waals surface area contributed by atoms with Gasteiger partial charge >= 0.3 is 5.97 Å². The van der Waals surface area contributed by atoms with E-state index in [4.69, 9.17) is 4.74 Å². The second-order valence-electron chi connectivity index (χ2n) is 6.57. The van der Waals surface area contributed by atoms with Crippen LogP contribution in [0.3, 0.4) is 0 Å². The molecule has 0 saturated carbocycles. The number of benzene rings is 2. The van der Waals surface area contributed by atoms with Gasteiger partial charge in [-0.15, -0.1) is 0 Å². The zero-order valence-corrected chi connectivity index (χ0v) is 14.4. The number of hydrogen-bond donors (Lipinski definition) is 0. The monoisotopic (exact) mass is 322 g/mol. The number of carbonyl (C=O) groups excluding carboxylic acids is 2. The number of hydrogen-bond acceptors (Lipinski definition) is 3. The summed E-state index contributed by atoms with van der Waals surface area (Å²) in [6, 6.07) is 11.4. The molecule has 0 aliphatic heterocycles. The molecule has 0 saturated heterocycles. The molecule has 0 radical (unpaired) electrons. The number of ether oxygens (including phenoxy) is 1. The molecule has 0 bridgehead atoms. The SMILES string of the molecule is Cc1ccc(C)c(C(=O)O[C@H](C)C(=O)c2ccc3c(c2)CCC3)c1. The van der Waals surface area contributed by atoms with Gasteiger partial charge in [-0.2, -0.15) is 0 Å². The molecule has 124 valence electrons. The van der Waals surface area contributed by atoms with Crippen LogP contribution in [0.1, 0.15) is 56.3 Å². The fourth-order valence-corrected chi connectivity index (χ4v) is 3.19. The Bertz CT molecular complexity index is 805. The van der Waals surface area contributed by atoms with E-state index in [1.165, 1.54) is 11.1 Å². The average molecular weight is 322 g/mol. The predicted molar refractivity (Wildman–Crippen MR) is 93.6 cm³/mol. The van der Waals surface area contributed by atoms with Crippen molar-refractivity contribution in [3.63, 3.8) is 0 Å². The van der Waals surface area contributed by atoms with Crippen LogP contribution in [0.5, 0.6) is 0 Å². The van der Waals surface area contributed by atoms with E-state index in [0.717, 1.165) is 30.4 Å². The van der Waals surface area contributed by atoms with Gasteiger partial charge in [0.05, 0.1) is 5.56 Å². The molecule has 1 aliphatic carbocycles. The summed E-state index contributed by atoms with van der Waals surface area (Å²) in [4.78, 5) is 25.0. The molecule has 24 heavy (non-hydrogen) atoms. The van der Waals surface area contributed by atoms with Crippen LogP contribution in [0.2, 0.25) is 0 Å². The maximum Gasteiger partial charge on any atom is 0.339 e. The van der Waals surface area contributed by atoms with Gasteiger partial charge in [0.1, 0.15) is 0 Å². The Morgan fingerprint density at radius 3 is 2.54 bits per heavy atom. The second kappa shape index (κ2) is 6.60. The van der Waals surface area contributed by atoms with Crippen LogP contribution in [0.4, 0.5) is 0 Å². The number of Topliss-reactive ketones (excluding diaryl/α,β-unsaturated/α-hetero) is 1. The summed E-state index contributed by atoms with van der Waals surface area (Å²) in [6.45, 7) is 5.43. The lowest BCUT2D eigenvalue weighted by atomic mass is 10.0. The minimum absolute atomic E-state index is 0.150. The first kappa shape index (κ1) is 16.4. The molecule has 0 heterocycles. The number of esters is 1. The van der Waals surface area contributed by atoms with E-state index in [0.29, 0.717) is 11.1 Å². The zero-order chi connectivity index (χ0) is 17.3. The first-order chi connectivity index (χ1) is 11.5. The summed E-state index contributed by atoms with van der Waals surface area (Å²) in [7, 11) is 0. The summed E-state index contributed by atoms with van der Waals surface area (Å²) in [5, 5.41) is 0. The minimum Gasteiger partial charge on any atom is -0.451 e. The van der Waals surface area contributed by atoms with Gasteiger partial charge in [-0.05, 0) is 68.9 Å². The smallest absolute Gasteiger partial charge is 0.339 e. The summed E-state index contributed by atoms with van der Waals surface area (Å²) in [6.07, 6.45) is 2.45. The Kier molecular flexibility index (Phi) is 4.52. The van der Waals surface area contributed by atoms with Gasteiger partial charge < -0.3 is 4.74 Å². The largest absolute Gasteiger partial charge is 0.451 e. The van der Waals surface area contributed by atoms with E-state index in [-0.39, 0.29) is 5.78 Å². The lowest BCUT2D eigenvalue weighted by Crippen LogP contribution is -2.25. The van der Waals surface area contributed by atoms with Crippen molar-refractivity contribution in [2.75, 3.05) is 0 Å². The summed E-state index contributed by atoms with van der Waals surface area (Å²) in [5.74, 6) is -0.596. The molecule has 3 nitrogen and oxygen atoms in total. The molecule has 1 aliphatic rings. The fourth-order valence-electron chi connectivity index (χ4n) is 3.19. The first-order valence-electron chi connectivity index (χ1n) is 8.40. The van der Waals surface area contributed by atoms with Crippen molar-refractivity contribution >= 4 is 11.8 Å². The molecule has 0 fully saturated rings. The van der Waals surface area contributed by atoms with Crippen LogP contribution in [-0.2, 0) is 17.6 Å². The molecule has 2 aromatic rings. The first-order valence-corrected chi connectivity index (χ1v) is 8.40. The third kappa shape index (κ3) is 3.25. The van der Waals surface area contributed by atoms with Gasteiger partial charge in [-0.1, -0.05) is 29.8 Å². The van der Waals surface area contributed by atoms with Gasteiger partial charge in [0.15, 0.2) is 6.10 Å². The molecule has 0 aromatic heterocycles. The lowest BCUT2D eigenvalue weighted by molar-refractivity contribution is 0.0318. The number of carbonyl (C=O) groups is 2. The van der Waals surface area contributed by atoms with Crippen molar-refractivity contribution in [1.82, 2.24) is 0 Å². The average Bonchev–Trinajstić information content (AvgIpc) is 3.03. The number of ketones is 1. The van der Waals surface area contributed by atoms with E-state index in [1.54, 1.807) is 13.0 Å². The van der Waals surface area contributed by atoms with Gasteiger partial charge in [-0.3, -0.25) is 4.79 Å². The van der Waals surface area contributed by atoms with E-state index < -0.39 is 12.1 Å². The molecule has 1 atom stereocenters. The maximum absolute atomic E-state index is 12.6. The van der Waals surface area contributed by atoms with Crippen LogP contribution in [0.15, 0.2) is 36.4 Å². The minimum atomic E-state index is -0.795. The summed E-state index contributed by atoms with van der Waals surface area (Å²) in [5.41, 5.74) is 5.55. The standard InChI is InChI=1S/C21H22O3/c1-13-7-8-14(2)19(11-13)21(23)24-15(3)20(22)18-10-9-16-5-4-6-17(16)12-18/h7-12,15H,4-6H2,1-3H3/t15-/m1/s1. The quantitative estimate of drug-likeness (QED) is 0.625. The Morgan fingerprint density at radius 2 is 1.75 bits per heavy atom. The van der Waals surface area contributed by atoms with Crippen molar-refractivity contribution in [3.8, 4) is 0 Å². The third-order valence-electron chi connectivity index (χ3n) is 4.65. The van der Waals surface area contributed by atoms with E-state index in [2.05, 4.69) is 0 Å². The predicted octanol–water partition coefficient (Wildman–Crippen LogP) is 4.22. The topological polar surface area (TPSA) is 43.4 Å². The van der Waals surface area contributed by atoms with Crippen LogP contribution < -0.4 is 0 Å². The number of aryl methyl sites for hydroxylation is 4. The Labute approximate surface area is 142 Å². The highest BCUT2D eigenvalue weighted by atomic mass is 16.5. The number of rotatable bonds is 4. The van der Waals surface area contributed by atoms with Gasteiger partial charge in [-0.25, -0.2) is 4.79 Å². The van der Waals surface area contributed by atoms with E-state index >= 15 is 0 Å². The third-order valence-corrected chi connectivity index (χ3v) is 4.65. The van der Waals surface area contributed by atoms with Gasteiger partial charge in [0.2, 0.25) is 5.78 Å². The van der Waals surface area contributed by atoms with Crippen molar-refractivity contribution in [2.24, 2.45) is 0 Å². The normalized spacial score (nSPS) is 14.1. The Morgan fingerprint density at radius 1 is 1.00 bits per heavy atom. The summed E-state index contributed by atoms with van der Waals surface area (Å²) >= 11 is 0. The fraction of sp³-hybridized carbons (Fsp3) is 0.333. The molecule has 0 amide bonds. The highest BCUT2D eigenvalue weighted by Gasteiger charge is 2.22. The Hall–Kier alpha value is -2.42. The summed E-state index contributed by atoms with van der Waals surface area (Å²) < 4.78 is 5.42. The van der Waals surface area contributed by atoms with E-state index in [1.807, 2.05) is 44.2 Å². The van der Waals surface area contributed by atoms with E-state index in [9.17, 15) is 9.59 Å². The molecular weight excluding hydrogens is 300 g/mol. The van der Waals surface area contributed by atoms with Crippen molar-refractivity contribution in [3.05, 3.63) is 69.8 Å². The van der Waals surface area contributed by atoms with Crippen LogP contribution in [0.25, 0.3) is 0 Å². The molecule has 0 spiro atoms. The van der Waals surface area contributed by atoms with Crippen LogP contribution >= 0.6 is 0 Å². The van der Waals surface area contributed by atoms with Gasteiger partial charge in [0.25, 0.3) is 0 Å². The molecule has 2 aromatic carbocycles. The number of fused-ring (bicyclic) bond motifs is 1. The van der Waals surface area contributed by atoms with Crippen LogP contribution in [0, 0.1) is 13.8 Å². The highest BCUT2D eigenvalue weighted by Crippen LogP contribution is 2.24.